The number of carbonyl (C=O) groups is 1. The molecule has 0 fully saturated rings. The van der Waals surface area contributed by atoms with Crippen LogP contribution in [-0.2, 0) is 16.6 Å². The van der Waals surface area contributed by atoms with Crippen LogP contribution in [0.3, 0.4) is 0 Å². The molecule has 0 heterocycles. The van der Waals surface area contributed by atoms with Gasteiger partial charge in [-0.05, 0) is 60.9 Å². The quantitative estimate of drug-likeness (QED) is 0.527. The topological polar surface area (TPSA) is 40.5 Å². The van der Waals surface area contributed by atoms with Gasteiger partial charge in [0.1, 0.15) is 5.75 Å². The zero-order valence-corrected chi connectivity index (χ0v) is 19.2. The number of aromatic hydroxyl groups is 1. The number of phenolic OH excluding ortho intramolecular Hbond substituents is 1. The molecule has 0 unspecified atom stereocenters. The Morgan fingerprint density at radius 2 is 1.72 bits per heavy atom. The maximum absolute atomic E-state index is 13.0. The number of benzene rings is 2. The number of rotatable bonds is 8. The van der Waals surface area contributed by atoms with Crippen LogP contribution in [0.1, 0.15) is 74.3 Å². The van der Waals surface area contributed by atoms with E-state index < -0.39 is 0 Å². The van der Waals surface area contributed by atoms with Gasteiger partial charge in [0.2, 0.25) is 5.91 Å². The first-order valence-electron chi connectivity index (χ1n) is 10.7. The van der Waals surface area contributed by atoms with Gasteiger partial charge in [0, 0.05) is 18.3 Å². The molecule has 0 radical (unpaired) electrons. The number of aryl methyl sites for hydroxylation is 2. The number of carbonyl (C=O) groups excluding carboxylic acids is 1. The normalized spacial score (nSPS) is 11.6. The first-order valence-corrected chi connectivity index (χ1v) is 10.7. The van der Waals surface area contributed by atoms with Gasteiger partial charge in [-0.25, -0.2) is 0 Å². The van der Waals surface area contributed by atoms with Crippen molar-refractivity contribution in [3.8, 4) is 5.75 Å². The second kappa shape index (κ2) is 9.47. The van der Waals surface area contributed by atoms with Gasteiger partial charge >= 0.3 is 0 Å². The third-order valence-electron chi connectivity index (χ3n) is 6.21. The summed E-state index contributed by atoms with van der Waals surface area (Å²) in [5, 5.41) is 11.0. The van der Waals surface area contributed by atoms with Crippen molar-refractivity contribution in [2.75, 3.05) is 11.9 Å². The first-order chi connectivity index (χ1) is 13.6. The van der Waals surface area contributed by atoms with Crippen molar-refractivity contribution in [3.63, 3.8) is 0 Å². The number of anilines is 1. The van der Waals surface area contributed by atoms with Crippen LogP contribution < -0.4 is 4.90 Å². The monoisotopic (exact) mass is 395 g/mol. The first kappa shape index (κ1) is 23.0. The average Bonchev–Trinajstić information content (AvgIpc) is 2.67. The SMILES string of the molecule is CCCCCC(C)(C)c1cc(C)c(CC(=O)N(C)c2ccccc2C)c(C)c1O. The summed E-state index contributed by atoms with van der Waals surface area (Å²) in [5.41, 5.74) is 5.73. The third-order valence-corrected chi connectivity index (χ3v) is 6.21. The second-order valence-electron chi connectivity index (χ2n) is 8.95. The molecule has 2 aromatic rings. The van der Waals surface area contributed by atoms with Crippen LogP contribution in [-0.4, -0.2) is 18.1 Å². The van der Waals surface area contributed by atoms with Crippen LogP contribution >= 0.6 is 0 Å². The molecule has 0 aromatic heterocycles. The highest BCUT2D eigenvalue weighted by atomic mass is 16.3. The number of unbranched alkanes of at least 4 members (excludes halogenated alkanes) is 2. The van der Waals surface area contributed by atoms with Crippen molar-refractivity contribution in [1.82, 2.24) is 0 Å². The predicted octanol–water partition coefficient (Wildman–Crippen LogP) is 6.38. The maximum Gasteiger partial charge on any atom is 0.231 e. The molecule has 3 heteroatoms. The molecule has 158 valence electrons. The minimum Gasteiger partial charge on any atom is -0.507 e. The average molecular weight is 396 g/mol. The largest absolute Gasteiger partial charge is 0.507 e. The molecule has 2 rings (SSSR count). The Bertz CT molecular complexity index is 867. The number of amides is 1. The molecule has 29 heavy (non-hydrogen) atoms. The molecule has 2 aromatic carbocycles. The summed E-state index contributed by atoms with van der Waals surface area (Å²) >= 11 is 0. The summed E-state index contributed by atoms with van der Waals surface area (Å²) < 4.78 is 0. The highest BCUT2D eigenvalue weighted by Crippen LogP contribution is 2.39. The van der Waals surface area contributed by atoms with Crippen molar-refractivity contribution in [2.24, 2.45) is 0 Å². The van der Waals surface area contributed by atoms with Crippen LogP contribution in [0.2, 0.25) is 0 Å². The highest BCUT2D eigenvalue weighted by molar-refractivity contribution is 5.95. The van der Waals surface area contributed by atoms with Gasteiger partial charge in [0.05, 0.1) is 6.42 Å². The lowest BCUT2D eigenvalue weighted by Gasteiger charge is -2.29. The summed E-state index contributed by atoms with van der Waals surface area (Å²) in [5.74, 6) is 0.373. The smallest absolute Gasteiger partial charge is 0.231 e. The van der Waals surface area contributed by atoms with Crippen LogP contribution in [0.25, 0.3) is 0 Å². The van der Waals surface area contributed by atoms with Crippen LogP contribution in [0.5, 0.6) is 5.75 Å². The predicted molar refractivity (Wildman–Crippen MR) is 123 cm³/mol. The summed E-state index contributed by atoms with van der Waals surface area (Å²) in [6, 6.07) is 9.99. The zero-order valence-electron chi connectivity index (χ0n) is 19.2. The van der Waals surface area contributed by atoms with Gasteiger partial charge in [-0.1, -0.05) is 64.3 Å². The van der Waals surface area contributed by atoms with Crippen LogP contribution in [0.4, 0.5) is 5.69 Å². The van der Waals surface area contributed by atoms with E-state index in [1.807, 2.05) is 45.2 Å². The van der Waals surface area contributed by atoms with Gasteiger partial charge in [-0.15, -0.1) is 0 Å². The number of nitrogens with zero attached hydrogens (tertiary/aromatic N) is 1. The molecule has 0 saturated carbocycles. The fourth-order valence-corrected chi connectivity index (χ4v) is 4.10. The molecule has 0 spiro atoms. The Kier molecular flexibility index (Phi) is 7.51. The molecule has 0 bridgehead atoms. The molecule has 1 amide bonds. The second-order valence-corrected chi connectivity index (χ2v) is 8.95. The van der Waals surface area contributed by atoms with E-state index in [4.69, 9.17) is 0 Å². The van der Waals surface area contributed by atoms with Gasteiger partial charge in [-0.2, -0.15) is 0 Å². The summed E-state index contributed by atoms with van der Waals surface area (Å²) in [6.45, 7) is 12.6. The number of hydrogen-bond donors (Lipinski definition) is 1. The Morgan fingerprint density at radius 1 is 1.07 bits per heavy atom. The van der Waals surface area contributed by atoms with E-state index >= 15 is 0 Å². The van der Waals surface area contributed by atoms with Crippen molar-refractivity contribution in [2.45, 2.75) is 79.1 Å². The molecular weight excluding hydrogens is 358 g/mol. The minimum atomic E-state index is -0.0880. The van der Waals surface area contributed by atoms with Crippen LogP contribution in [0, 0.1) is 20.8 Å². The number of likely N-dealkylation sites (N-methyl/N-ethyl adjacent to an activating group) is 1. The molecule has 0 saturated heterocycles. The summed E-state index contributed by atoms with van der Waals surface area (Å²) in [6.07, 6.45) is 4.88. The standard InChI is InChI=1S/C26H37NO2/c1-8-9-12-15-26(5,6)22-16-19(3)21(20(4)25(22)29)17-24(28)27(7)23-14-11-10-13-18(23)2/h10-11,13-14,16,29H,8-9,12,15,17H2,1-7H3. The van der Waals surface area contributed by atoms with E-state index in [0.717, 1.165) is 46.3 Å². The molecule has 0 aliphatic carbocycles. The Labute approximate surface area is 176 Å². The van der Waals surface area contributed by atoms with Gasteiger partial charge < -0.3 is 10.0 Å². The third kappa shape index (κ3) is 5.20. The zero-order chi connectivity index (χ0) is 21.8. The molecule has 1 N–H and O–H groups in total. The minimum absolute atomic E-state index is 0.0276. The summed E-state index contributed by atoms with van der Waals surface area (Å²) in [7, 11) is 1.82. The van der Waals surface area contributed by atoms with Crippen molar-refractivity contribution < 1.29 is 9.90 Å². The number of hydrogen-bond acceptors (Lipinski definition) is 2. The summed E-state index contributed by atoms with van der Waals surface area (Å²) in [4.78, 5) is 14.7. The van der Waals surface area contributed by atoms with Gasteiger partial charge in [0.15, 0.2) is 0 Å². The van der Waals surface area contributed by atoms with Crippen molar-refractivity contribution in [3.05, 3.63) is 58.1 Å². The van der Waals surface area contributed by atoms with E-state index in [1.54, 1.807) is 4.90 Å². The molecule has 0 aliphatic rings. The highest BCUT2D eigenvalue weighted by Gasteiger charge is 2.27. The molecule has 0 aliphatic heterocycles. The molecule has 0 atom stereocenters. The van der Waals surface area contributed by atoms with Gasteiger partial charge in [-0.3, -0.25) is 4.79 Å². The van der Waals surface area contributed by atoms with E-state index in [9.17, 15) is 9.90 Å². The number of phenols is 1. The number of para-hydroxylation sites is 1. The maximum atomic E-state index is 13.0. The van der Waals surface area contributed by atoms with Crippen molar-refractivity contribution >= 4 is 11.6 Å². The van der Waals surface area contributed by atoms with Crippen LogP contribution in [0.15, 0.2) is 30.3 Å². The lowest BCUT2D eigenvalue weighted by molar-refractivity contribution is -0.117. The fourth-order valence-electron chi connectivity index (χ4n) is 4.10. The van der Waals surface area contributed by atoms with E-state index in [2.05, 4.69) is 33.8 Å². The van der Waals surface area contributed by atoms with E-state index in [1.165, 1.54) is 12.8 Å². The Balaban J connectivity index is 2.30. The van der Waals surface area contributed by atoms with E-state index in [-0.39, 0.29) is 17.7 Å². The lowest BCUT2D eigenvalue weighted by atomic mass is 9.77. The Hall–Kier alpha value is -2.29. The van der Waals surface area contributed by atoms with E-state index in [0.29, 0.717) is 5.75 Å². The molecular formula is C26H37NO2. The van der Waals surface area contributed by atoms with Gasteiger partial charge in [0.25, 0.3) is 0 Å². The van der Waals surface area contributed by atoms with Crippen molar-refractivity contribution in [1.29, 1.82) is 0 Å². The lowest BCUT2D eigenvalue weighted by Crippen LogP contribution is -2.29. The Morgan fingerprint density at radius 3 is 2.34 bits per heavy atom. The fraction of sp³-hybridized carbons (Fsp3) is 0.500. The molecule has 3 nitrogen and oxygen atoms in total.